The van der Waals surface area contributed by atoms with Crippen LogP contribution in [0.25, 0.3) is 6.08 Å². The summed E-state index contributed by atoms with van der Waals surface area (Å²) in [7, 11) is 0. The van der Waals surface area contributed by atoms with Crippen LogP contribution in [0.4, 0.5) is 5.69 Å². The lowest BCUT2D eigenvalue weighted by Gasteiger charge is -2.40. The molecule has 4 heteroatoms. The van der Waals surface area contributed by atoms with Crippen LogP contribution in [0.15, 0.2) is 54.1 Å². The van der Waals surface area contributed by atoms with E-state index in [0.717, 1.165) is 41.0 Å². The van der Waals surface area contributed by atoms with Crippen molar-refractivity contribution in [2.24, 2.45) is 0 Å². The molecule has 2 heterocycles. The average Bonchev–Trinajstić information content (AvgIpc) is 3.46. The number of fused-ring (bicyclic) bond motifs is 2. The van der Waals surface area contributed by atoms with Crippen LogP contribution in [0.3, 0.4) is 0 Å². The van der Waals surface area contributed by atoms with E-state index in [0.29, 0.717) is 12.6 Å². The van der Waals surface area contributed by atoms with Gasteiger partial charge in [-0.25, -0.2) is 0 Å². The fourth-order valence-electron chi connectivity index (χ4n) is 3.56. The van der Waals surface area contributed by atoms with Crippen molar-refractivity contribution in [1.29, 1.82) is 0 Å². The zero-order valence-corrected chi connectivity index (χ0v) is 13.2. The maximum atomic E-state index is 13.0. The normalized spacial score (nSPS) is 22.0. The molecule has 0 unspecified atom stereocenters. The number of anilines is 1. The monoisotopic (exact) mass is 318 g/mol. The van der Waals surface area contributed by atoms with Crippen molar-refractivity contribution in [3.8, 4) is 5.75 Å². The smallest absolute Gasteiger partial charge is 0.258 e. The fourth-order valence-corrected chi connectivity index (χ4v) is 3.56. The molecule has 1 N–H and O–H groups in total. The summed E-state index contributed by atoms with van der Waals surface area (Å²) in [5.41, 5.74) is 3.84. The minimum Gasteiger partial charge on any atom is -0.488 e. The van der Waals surface area contributed by atoms with Gasteiger partial charge < -0.3 is 15.0 Å². The van der Waals surface area contributed by atoms with Crippen LogP contribution in [0.2, 0.25) is 0 Å². The molecule has 0 bridgehead atoms. The van der Waals surface area contributed by atoms with Crippen LogP contribution >= 0.6 is 0 Å². The van der Waals surface area contributed by atoms with Crippen LogP contribution in [-0.4, -0.2) is 29.6 Å². The molecule has 1 aliphatic carbocycles. The third kappa shape index (κ3) is 2.10. The van der Waals surface area contributed by atoms with Gasteiger partial charge in [-0.15, -0.1) is 0 Å². The summed E-state index contributed by atoms with van der Waals surface area (Å²) in [6.45, 7) is 0.507. The van der Waals surface area contributed by atoms with E-state index in [-0.39, 0.29) is 12.1 Å². The zero-order valence-electron chi connectivity index (χ0n) is 13.2. The van der Waals surface area contributed by atoms with E-state index in [1.54, 1.807) is 0 Å². The molecule has 1 amide bonds. The maximum absolute atomic E-state index is 13.0. The van der Waals surface area contributed by atoms with Gasteiger partial charge in [0, 0.05) is 22.9 Å². The van der Waals surface area contributed by atoms with Gasteiger partial charge in [0.15, 0.2) is 0 Å². The van der Waals surface area contributed by atoms with E-state index in [1.165, 1.54) is 0 Å². The van der Waals surface area contributed by atoms with Crippen molar-refractivity contribution in [2.45, 2.75) is 25.0 Å². The van der Waals surface area contributed by atoms with Gasteiger partial charge in [0.25, 0.3) is 5.91 Å². The first-order valence-corrected chi connectivity index (χ1v) is 8.42. The second kappa shape index (κ2) is 5.13. The molecule has 2 aromatic rings. The third-order valence-electron chi connectivity index (χ3n) is 4.91. The number of hydrogen-bond acceptors (Lipinski definition) is 3. The predicted molar refractivity (Wildman–Crippen MR) is 93.0 cm³/mol. The van der Waals surface area contributed by atoms with E-state index in [1.807, 2.05) is 47.4 Å². The summed E-state index contributed by atoms with van der Waals surface area (Å²) >= 11 is 0. The molecule has 1 fully saturated rings. The topological polar surface area (TPSA) is 41.6 Å². The van der Waals surface area contributed by atoms with Gasteiger partial charge in [-0.05, 0) is 37.1 Å². The number of amides is 1. The van der Waals surface area contributed by atoms with Gasteiger partial charge in [-0.3, -0.25) is 4.79 Å². The highest BCUT2D eigenvalue weighted by Crippen LogP contribution is 2.38. The number of nitrogens with zero attached hydrogens (tertiary/aromatic N) is 1. The van der Waals surface area contributed by atoms with Crippen LogP contribution < -0.4 is 10.1 Å². The Bertz CT molecular complexity index is 854. The van der Waals surface area contributed by atoms with Crippen molar-refractivity contribution in [3.05, 3.63) is 65.2 Å². The lowest BCUT2D eigenvalue weighted by Crippen LogP contribution is -2.51. The number of carbonyl (C=O) groups excluding carboxylic acids is 1. The van der Waals surface area contributed by atoms with E-state index in [4.69, 9.17) is 4.74 Å². The van der Waals surface area contributed by atoms with Gasteiger partial charge in [-0.2, -0.15) is 0 Å². The molecule has 0 spiro atoms. The van der Waals surface area contributed by atoms with Crippen LogP contribution in [-0.2, 0) is 0 Å². The van der Waals surface area contributed by atoms with E-state index < -0.39 is 0 Å². The maximum Gasteiger partial charge on any atom is 0.258 e. The molecule has 120 valence electrons. The summed E-state index contributed by atoms with van der Waals surface area (Å²) in [4.78, 5) is 15.0. The lowest BCUT2D eigenvalue weighted by atomic mass is 10.00. The van der Waals surface area contributed by atoms with Gasteiger partial charge in [-0.1, -0.05) is 30.3 Å². The molecule has 0 aromatic heterocycles. The zero-order chi connectivity index (χ0) is 16.1. The van der Waals surface area contributed by atoms with Crippen LogP contribution in [0, 0.1) is 0 Å². The van der Waals surface area contributed by atoms with E-state index in [9.17, 15) is 4.79 Å². The number of nitrogens with one attached hydrogen (secondary N) is 1. The largest absolute Gasteiger partial charge is 0.488 e. The summed E-state index contributed by atoms with van der Waals surface area (Å²) in [5, 5.41) is 3.56. The first-order chi connectivity index (χ1) is 11.8. The Morgan fingerprint density at radius 2 is 1.83 bits per heavy atom. The Morgan fingerprint density at radius 3 is 2.71 bits per heavy atom. The molecule has 1 saturated carbocycles. The fraction of sp³-hybridized carbons (Fsp3) is 0.250. The minimum absolute atomic E-state index is 0.122. The molecule has 5 rings (SSSR count). The highest BCUT2D eigenvalue weighted by Gasteiger charge is 2.43. The summed E-state index contributed by atoms with van der Waals surface area (Å²) in [5.74, 6) is 1.03. The lowest BCUT2D eigenvalue weighted by molar-refractivity contribution is 0.0688. The number of carbonyl (C=O) groups is 1. The Morgan fingerprint density at radius 1 is 1.04 bits per heavy atom. The van der Waals surface area contributed by atoms with Gasteiger partial charge in [0.2, 0.25) is 0 Å². The Hall–Kier alpha value is -2.75. The second-order valence-corrected chi connectivity index (χ2v) is 6.58. The third-order valence-corrected chi connectivity index (χ3v) is 4.91. The molecule has 3 aliphatic rings. The molecule has 0 saturated heterocycles. The van der Waals surface area contributed by atoms with Crippen molar-refractivity contribution in [3.63, 3.8) is 0 Å². The summed E-state index contributed by atoms with van der Waals surface area (Å²) in [6.07, 6.45) is 4.19. The summed E-state index contributed by atoms with van der Waals surface area (Å²) < 4.78 is 5.91. The van der Waals surface area contributed by atoms with Crippen molar-refractivity contribution in [2.75, 3.05) is 11.9 Å². The SMILES string of the molecule is O=C1c2ccccc2N[C@H](C2=Cc3ccccc3OC2)N1C1CC1. The highest BCUT2D eigenvalue weighted by atomic mass is 16.5. The molecular weight excluding hydrogens is 300 g/mol. The van der Waals surface area contributed by atoms with Crippen LogP contribution in [0.1, 0.15) is 28.8 Å². The quantitative estimate of drug-likeness (QED) is 0.921. The van der Waals surface area contributed by atoms with E-state index in [2.05, 4.69) is 17.5 Å². The number of benzene rings is 2. The first-order valence-electron chi connectivity index (χ1n) is 8.42. The van der Waals surface area contributed by atoms with Crippen molar-refractivity contribution in [1.82, 2.24) is 4.90 Å². The molecule has 2 aromatic carbocycles. The molecule has 24 heavy (non-hydrogen) atoms. The van der Waals surface area contributed by atoms with Gasteiger partial charge >= 0.3 is 0 Å². The minimum atomic E-state index is -0.131. The molecule has 0 radical (unpaired) electrons. The van der Waals surface area contributed by atoms with Gasteiger partial charge in [0.1, 0.15) is 18.5 Å². The van der Waals surface area contributed by atoms with Crippen molar-refractivity contribution >= 4 is 17.7 Å². The Labute approximate surface area is 140 Å². The molecule has 1 atom stereocenters. The Balaban J connectivity index is 1.57. The van der Waals surface area contributed by atoms with Gasteiger partial charge in [0.05, 0.1) is 5.56 Å². The highest BCUT2D eigenvalue weighted by molar-refractivity contribution is 6.02. The number of rotatable bonds is 2. The van der Waals surface area contributed by atoms with E-state index >= 15 is 0 Å². The molecule has 4 nitrogen and oxygen atoms in total. The second-order valence-electron chi connectivity index (χ2n) is 6.58. The number of para-hydroxylation sites is 2. The number of hydrogen-bond donors (Lipinski definition) is 1. The Kier molecular flexibility index (Phi) is 2.92. The average molecular weight is 318 g/mol. The number of ether oxygens (including phenoxy) is 1. The predicted octanol–water partition coefficient (Wildman–Crippen LogP) is 3.52. The van der Waals surface area contributed by atoms with Crippen molar-refractivity contribution < 1.29 is 9.53 Å². The standard InChI is InChI=1S/C20H18N2O2/c23-20-16-6-2-3-7-17(16)21-19(22(20)15-9-10-15)14-11-13-5-1-4-8-18(13)24-12-14/h1-8,11,15,19,21H,9-10,12H2/t19-/m0/s1. The first kappa shape index (κ1) is 13.7. The van der Waals surface area contributed by atoms with Crippen LogP contribution in [0.5, 0.6) is 5.75 Å². The molecule has 2 aliphatic heterocycles. The molecular formula is C20H18N2O2. The summed E-state index contributed by atoms with van der Waals surface area (Å²) in [6, 6.07) is 16.1.